The van der Waals surface area contributed by atoms with Crippen LogP contribution in [0.2, 0.25) is 5.02 Å². The summed E-state index contributed by atoms with van der Waals surface area (Å²) >= 11 is 6.17. The third-order valence-corrected chi connectivity index (χ3v) is 4.55. The van der Waals surface area contributed by atoms with Crippen molar-refractivity contribution in [3.63, 3.8) is 0 Å². The van der Waals surface area contributed by atoms with Crippen LogP contribution < -0.4 is 9.47 Å². The molecule has 30 heavy (non-hydrogen) atoms. The van der Waals surface area contributed by atoms with Crippen LogP contribution in [0.15, 0.2) is 66.7 Å². The molecule has 0 unspecified atom stereocenters. The molecule has 0 radical (unpaired) electrons. The lowest BCUT2D eigenvalue weighted by atomic mass is 10.1. The Labute approximate surface area is 177 Å². The summed E-state index contributed by atoms with van der Waals surface area (Å²) in [5, 5.41) is 18.3. The summed E-state index contributed by atoms with van der Waals surface area (Å²) in [7, 11) is 0. The molecule has 8 heteroatoms. The summed E-state index contributed by atoms with van der Waals surface area (Å²) in [5.74, 6) is 0.361. The molecule has 0 amide bonds. The summed E-state index contributed by atoms with van der Waals surface area (Å²) in [5.41, 5.74) is 2.91. The molecule has 3 aromatic carbocycles. The predicted molar refractivity (Wildman–Crippen MR) is 113 cm³/mol. The number of rotatable bonds is 8. The first-order chi connectivity index (χ1) is 14.6. The zero-order valence-corrected chi connectivity index (χ0v) is 16.6. The maximum Gasteiger partial charge on any atom is 0.307 e. The van der Waals surface area contributed by atoms with Crippen LogP contribution in [-0.4, -0.2) is 39.3 Å². The van der Waals surface area contributed by atoms with Crippen molar-refractivity contribution in [2.75, 3.05) is 13.2 Å². The number of carboxylic acids is 1. The lowest BCUT2D eigenvalue weighted by Gasteiger charge is -2.12. The molecule has 1 heterocycles. The van der Waals surface area contributed by atoms with Gasteiger partial charge in [0.15, 0.2) is 0 Å². The molecule has 0 aliphatic rings. The van der Waals surface area contributed by atoms with Gasteiger partial charge >= 0.3 is 5.97 Å². The maximum atomic E-state index is 10.7. The van der Waals surface area contributed by atoms with Gasteiger partial charge in [0.1, 0.15) is 41.4 Å². The number of nitrogens with zero attached hydrogens (tertiary/aromatic N) is 3. The van der Waals surface area contributed by atoms with Crippen molar-refractivity contribution < 1.29 is 19.4 Å². The van der Waals surface area contributed by atoms with Crippen molar-refractivity contribution in [3.05, 3.63) is 77.3 Å². The fourth-order valence-electron chi connectivity index (χ4n) is 2.93. The first-order valence-electron chi connectivity index (χ1n) is 9.27. The quantitative estimate of drug-likeness (QED) is 0.428. The highest BCUT2D eigenvalue weighted by Gasteiger charge is 2.11. The van der Waals surface area contributed by atoms with Crippen molar-refractivity contribution in [2.45, 2.75) is 6.42 Å². The number of carbonyl (C=O) groups is 1. The molecule has 0 saturated heterocycles. The number of aliphatic carboxylic acids is 1. The van der Waals surface area contributed by atoms with Crippen molar-refractivity contribution >= 4 is 28.6 Å². The van der Waals surface area contributed by atoms with Crippen molar-refractivity contribution in [3.8, 4) is 17.2 Å². The van der Waals surface area contributed by atoms with Gasteiger partial charge in [-0.25, -0.2) is 0 Å². The minimum absolute atomic E-state index is 0.0147. The maximum absolute atomic E-state index is 10.7. The Kier molecular flexibility index (Phi) is 5.81. The first kappa shape index (κ1) is 19.7. The monoisotopic (exact) mass is 423 g/mol. The van der Waals surface area contributed by atoms with Gasteiger partial charge in [0.05, 0.1) is 6.42 Å². The molecule has 1 N–H and O–H groups in total. The number of halogens is 1. The van der Waals surface area contributed by atoms with Crippen LogP contribution >= 0.6 is 11.6 Å². The molecule has 0 aliphatic carbocycles. The molecular formula is C22H18ClN3O4. The SMILES string of the molecule is O=C(O)Cc1ccc(OCCOc2ccc(Cl)cc2-n2nc3ccccc3n2)cc1. The Morgan fingerprint density at radius 1 is 0.933 bits per heavy atom. The number of benzene rings is 3. The van der Waals surface area contributed by atoms with E-state index in [1.165, 1.54) is 4.80 Å². The topological polar surface area (TPSA) is 86.5 Å². The van der Waals surface area contributed by atoms with Crippen LogP contribution in [0.3, 0.4) is 0 Å². The van der Waals surface area contributed by atoms with Crippen LogP contribution in [0, 0.1) is 0 Å². The van der Waals surface area contributed by atoms with Crippen LogP contribution in [-0.2, 0) is 11.2 Å². The largest absolute Gasteiger partial charge is 0.490 e. The van der Waals surface area contributed by atoms with Gasteiger partial charge in [-0.2, -0.15) is 0 Å². The van der Waals surface area contributed by atoms with Gasteiger partial charge in [-0.3, -0.25) is 4.79 Å². The average Bonchev–Trinajstić information content (AvgIpc) is 3.17. The molecule has 4 rings (SSSR count). The predicted octanol–water partition coefficient (Wildman–Crippen LogP) is 4.16. The minimum Gasteiger partial charge on any atom is -0.490 e. The van der Waals surface area contributed by atoms with Crippen LogP contribution in [0.5, 0.6) is 11.5 Å². The van der Waals surface area contributed by atoms with E-state index in [1.54, 1.807) is 42.5 Å². The number of aromatic nitrogens is 3. The number of fused-ring (bicyclic) bond motifs is 1. The summed E-state index contributed by atoms with van der Waals surface area (Å²) < 4.78 is 11.5. The highest BCUT2D eigenvalue weighted by Crippen LogP contribution is 2.26. The Hall–Kier alpha value is -3.58. The number of hydrogen-bond donors (Lipinski definition) is 1. The third kappa shape index (κ3) is 4.69. The minimum atomic E-state index is -0.865. The summed E-state index contributed by atoms with van der Waals surface area (Å²) in [6.45, 7) is 0.612. The Morgan fingerprint density at radius 2 is 1.60 bits per heavy atom. The van der Waals surface area contributed by atoms with Gasteiger partial charge in [-0.1, -0.05) is 35.9 Å². The molecule has 152 valence electrons. The molecule has 0 atom stereocenters. The fourth-order valence-corrected chi connectivity index (χ4v) is 3.09. The molecule has 7 nitrogen and oxygen atoms in total. The zero-order valence-electron chi connectivity index (χ0n) is 15.9. The lowest BCUT2D eigenvalue weighted by molar-refractivity contribution is -0.136. The second kappa shape index (κ2) is 8.84. The van der Waals surface area contributed by atoms with E-state index in [-0.39, 0.29) is 6.42 Å². The molecule has 0 fully saturated rings. The lowest BCUT2D eigenvalue weighted by Crippen LogP contribution is -2.11. The first-order valence-corrected chi connectivity index (χ1v) is 9.64. The fraction of sp³-hybridized carbons (Fsp3) is 0.136. The van der Waals surface area contributed by atoms with E-state index in [1.807, 2.05) is 24.3 Å². The molecule has 0 saturated carbocycles. The van der Waals surface area contributed by atoms with E-state index < -0.39 is 5.97 Å². The Morgan fingerprint density at radius 3 is 2.27 bits per heavy atom. The van der Waals surface area contributed by atoms with Gasteiger partial charge in [0, 0.05) is 5.02 Å². The summed E-state index contributed by atoms with van der Waals surface area (Å²) in [6, 6.07) is 19.8. The Bertz CT molecular complexity index is 1140. The van der Waals surface area contributed by atoms with Crippen LogP contribution in [0.1, 0.15) is 5.56 Å². The van der Waals surface area contributed by atoms with Crippen molar-refractivity contribution in [1.82, 2.24) is 15.0 Å². The highest BCUT2D eigenvalue weighted by molar-refractivity contribution is 6.30. The smallest absolute Gasteiger partial charge is 0.307 e. The number of carboxylic acid groups (broad SMARTS) is 1. The van der Waals surface area contributed by atoms with Gasteiger partial charge in [-0.05, 0) is 48.0 Å². The standard InChI is InChI=1S/C22H18ClN3O4/c23-16-7-10-21(20(14-16)26-24-18-3-1-2-4-19(18)25-26)30-12-11-29-17-8-5-15(6-9-17)13-22(27)28/h1-10,14H,11-13H2,(H,27,28). The molecule has 0 aliphatic heterocycles. The van der Waals surface area contributed by atoms with E-state index in [0.29, 0.717) is 35.4 Å². The second-order valence-corrected chi connectivity index (χ2v) is 6.94. The van der Waals surface area contributed by atoms with Crippen LogP contribution in [0.4, 0.5) is 0 Å². The van der Waals surface area contributed by atoms with E-state index in [2.05, 4.69) is 10.2 Å². The molecular weight excluding hydrogens is 406 g/mol. The summed E-state index contributed by atoms with van der Waals surface area (Å²) in [6.07, 6.45) is -0.0147. The normalized spacial score (nSPS) is 10.8. The van der Waals surface area contributed by atoms with Gasteiger partial charge < -0.3 is 14.6 Å². The molecule has 0 bridgehead atoms. The molecule has 0 spiro atoms. The van der Waals surface area contributed by atoms with Gasteiger partial charge in [0.25, 0.3) is 0 Å². The highest BCUT2D eigenvalue weighted by atomic mass is 35.5. The van der Waals surface area contributed by atoms with E-state index in [0.717, 1.165) is 16.6 Å². The third-order valence-electron chi connectivity index (χ3n) is 4.31. The van der Waals surface area contributed by atoms with Crippen molar-refractivity contribution in [2.24, 2.45) is 0 Å². The Balaban J connectivity index is 1.41. The zero-order chi connectivity index (χ0) is 20.9. The van der Waals surface area contributed by atoms with Crippen molar-refractivity contribution in [1.29, 1.82) is 0 Å². The van der Waals surface area contributed by atoms with E-state index >= 15 is 0 Å². The van der Waals surface area contributed by atoms with Gasteiger partial charge in [-0.15, -0.1) is 15.0 Å². The number of hydrogen-bond acceptors (Lipinski definition) is 5. The van der Waals surface area contributed by atoms with E-state index in [4.69, 9.17) is 26.2 Å². The summed E-state index contributed by atoms with van der Waals surface area (Å²) in [4.78, 5) is 12.2. The average molecular weight is 424 g/mol. The second-order valence-electron chi connectivity index (χ2n) is 6.50. The van der Waals surface area contributed by atoms with E-state index in [9.17, 15) is 4.79 Å². The molecule has 1 aromatic heterocycles. The molecule has 4 aromatic rings. The number of ether oxygens (including phenoxy) is 2. The van der Waals surface area contributed by atoms with Gasteiger partial charge in [0.2, 0.25) is 0 Å². The van der Waals surface area contributed by atoms with Crippen LogP contribution in [0.25, 0.3) is 16.7 Å².